The van der Waals surface area contributed by atoms with Crippen LogP contribution < -0.4 is 5.73 Å². The molecule has 0 fully saturated rings. The molecule has 0 spiro atoms. The third-order valence-corrected chi connectivity index (χ3v) is 3.21. The van der Waals surface area contributed by atoms with Gasteiger partial charge in [0.15, 0.2) is 0 Å². The average Bonchev–Trinajstić information content (AvgIpc) is 2.61. The van der Waals surface area contributed by atoms with E-state index in [1.807, 2.05) is 66.7 Å². The highest BCUT2D eigenvalue weighted by molar-refractivity contribution is 5.59. The monoisotopic (exact) mass is 294 g/mol. The van der Waals surface area contributed by atoms with E-state index in [0.717, 1.165) is 22.4 Å². The predicted octanol–water partition coefficient (Wildman–Crippen LogP) is 3.46. The third-order valence-electron chi connectivity index (χ3n) is 3.21. The topological polar surface area (TPSA) is 38.9 Å². The maximum atomic E-state index is 5.92. The van der Waals surface area contributed by atoms with E-state index in [0.29, 0.717) is 5.69 Å². The van der Waals surface area contributed by atoms with Crippen LogP contribution in [0.5, 0.6) is 0 Å². The van der Waals surface area contributed by atoms with Crippen LogP contribution in [0.2, 0.25) is 0 Å². The van der Waals surface area contributed by atoms with E-state index in [4.69, 9.17) is 5.73 Å². The number of hydrogen-bond acceptors (Lipinski definition) is 2. The lowest BCUT2D eigenvalue weighted by atomic mass is 10.1. The van der Waals surface area contributed by atoms with Gasteiger partial charge in [-0.2, -0.15) is 0 Å². The Bertz CT molecular complexity index is 936. The fraction of sp³-hybridized carbons (Fsp3) is 0. The molecule has 0 aliphatic rings. The van der Waals surface area contributed by atoms with Crippen molar-refractivity contribution in [2.75, 3.05) is 5.73 Å². The Hall–Kier alpha value is -3.49. The number of anilines is 1. The molecule has 0 saturated carbocycles. The fourth-order valence-corrected chi connectivity index (χ4v) is 2.01. The molecular weight excluding hydrogens is 280 g/mol. The van der Waals surface area contributed by atoms with Gasteiger partial charge in [0.25, 0.3) is 0 Å². The van der Waals surface area contributed by atoms with Crippen LogP contribution in [0, 0.1) is 23.7 Å². The first kappa shape index (κ1) is 14.4. The van der Waals surface area contributed by atoms with Crippen LogP contribution in [0.1, 0.15) is 22.4 Å². The number of aromatic nitrogens is 1. The highest BCUT2D eigenvalue weighted by Gasteiger charge is 1.96. The Kier molecular flexibility index (Phi) is 4.39. The van der Waals surface area contributed by atoms with Crippen molar-refractivity contribution >= 4 is 5.69 Å². The van der Waals surface area contributed by atoms with Gasteiger partial charge in [-0.15, -0.1) is 0 Å². The smallest absolute Gasteiger partial charge is 0.113 e. The van der Waals surface area contributed by atoms with Crippen LogP contribution in [0.4, 0.5) is 5.69 Å². The number of nitrogen functional groups attached to an aromatic ring is 1. The van der Waals surface area contributed by atoms with Gasteiger partial charge in [-0.25, -0.2) is 4.98 Å². The van der Waals surface area contributed by atoms with Crippen LogP contribution in [0.25, 0.3) is 0 Å². The Morgan fingerprint density at radius 3 is 1.83 bits per heavy atom. The van der Waals surface area contributed by atoms with E-state index < -0.39 is 0 Å². The summed E-state index contributed by atoms with van der Waals surface area (Å²) in [7, 11) is 0. The maximum absolute atomic E-state index is 5.92. The molecule has 2 aromatic carbocycles. The van der Waals surface area contributed by atoms with Gasteiger partial charge in [0.05, 0.1) is 0 Å². The van der Waals surface area contributed by atoms with E-state index in [-0.39, 0.29) is 0 Å². The summed E-state index contributed by atoms with van der Waals surface area (Å²) in [6, 6.07) is 21.0. The minimum absolute atomic E-state index is 0.678. The number of benzene rings is 2. The SMILES string of the molecule is Nc1ccccc1C#Cc1ccccc1C#Cc1ccccn1. The number of para-hydroxylation sites is 1. The first-order valence-corrected chi connectivity index (χ1v) is 7.21. The van der Waals surface area contributed by atoms with Gasteiger partial charge in [-0.05, 0) is 42.3 Å². The maximum Gasteiger partial charge on any atom is 0.113 e. The van der Waals surface area contributed by atoms with Gasteiger partial charge in [-0.3, -0.25) is 0 Å². The lowest BCUT2D eigenvalue weighted by molar-refractivity contribution is 1.29. The normalized spacial score (nSPS) is 9.22. The first-order chi connectivity index (χ1) is 11.3. The van der Waals surface area contributed by atoms with Crippen LogP contribution in [-0.4, -0.2) is 4.98 Å². The zero-order chi connectivity index (χ0) is 15.9. The molecule has 1 heterocycles. The Morgan fingerprint density at radius 2 is 1.17 bits per heavy atom. The second kappa shape index (κ2) is 6.98. The quantitative estimate of drug-likeness (QED) is 0.509. The summed E-state index contributed by atoms with van der Waals surface area (Å²) in [5.41, 5.74) is 9.90. The summed E-state index contributed by atoms with van der Waals surface area (Å²) in [6.07, 6.45) is 1.73. The molecule has 3 rings (SSSR count). The molecule has 0 aliphatic heterocycles. The van der Waals surface area contributed by atoms with Gasteiger partial charge < -0.3 is 5.73 Å². The van der Waals surface area contributed by atoms with Crippen molar-refractivity contribution in [1.29, 1.82) is 0 Å². The number of nitrogens with zero attached hydrogens (tertiary/aromatic N) is 1. The average molecular weight is 294 g/mol. The van der Waals surface area contributed by atoms with Crippen molar-refractivity contribution in [3.8, 4) is 23.7 Å². The van der Waals surface area contributed by atoms with Crippen molar-refractivity contribution in [2.45, 2.75) is 0 Å². The molecule has 2 N–H and O–H groups in total. The molecule has 1 aromatic heterocycles. The molecule has 0 amide bonds. The van der Waals surface area contributed by atoms with Crippen LogP contribution in [0.15, 0.2) is 72.9 Å². The molecule has 0 atom stereocenters. The molecule has 0 bridgehead atoms. The molecule has 3 aromatic rings. The molecule has 23 heavy (non-hydrogen) atoms. The van der Waals surface area contributed by atoms with E-state index in [1.165, 1.54) is 0 Å². The highest BCUT2D eigenvalue weighted by atomic mass is 14.6. The second-order valence-electron chi connectivity index (χ2n) is 4.85. The summed E-state index contributed by atoms with van der Waals surface area (Å²) in [6.45, 7) is 0. The van der Waals surface area contributed by atoms with Crippen molar-refractivity contribution in [3.05, 3.63) is 95.3 Å². The minimum atomic E-state index is 0.678. The number of rotatable bonds is 0. The summed E-state index contributed by atoms with van der Waals surface area (Å²) < 4.78 is 0. The van der Waals surface area contributed by atoms with Crippen molar-refractivity contribution in [3.63, 3.8) is 0 Å². The first-order valence-electron chi connectivity index (χ1n) is 7.21. The Morgan fingerprint density at radius 1 is 0.609 bits per heavy atom. The molecule has 108 valence electrons. The second-order valence-corrected chi connectivity index (χ2v) is 4.85. The van der Waals surface area contributed by atoms with Gasteiger partial charge in [0.1, 0.15) is 5.69 Å². The van der Waals surface area contributed by atoms with Gasteiger partial charge in [-0.1, -0.05) is 48.1 Å². The van der Waals surface area contributed by atoms with Gasteiger partial charge in [0, 0.05) is 28.6 Å². The molecule has 0 saturated heterocycles. The zero-order valence-corrected chi connectivity index (χ0v) is 12.5. The van der Waals surface area contributed by atoms with Gasteiger partial charge in [0.2, 0.25) is 0 Å². The van der Waals surface area contributed by atoms with E-state index in [1.54, 1.807) is 6.20 Å². The van der Waals surface area contributed by atoms with Crippen LogP contribution in [-0.2, 0) is 0 Å². The zero-order valence-electron chi connectivity index (χ0n) is 12.5. The summed E-state index contributed by atoms with van der Waals surface area (Å²) >= 11 is 0. The Balaban J connectivity index is 1.94. The number of hydrogen-bond donors (Lipinski definition) is 1. The van der Waals surface area contributed by atoms with Crippen molar-refractivity contribution in [1.82, 2.24) is 4.98 Å². The van der Waals surface area contributed by atoms with Crippen molar-refractivity contribution < 1.29 is 0 Å². The molecule has 2 heteroatoms. The highest BCUT2D eigenvalue weighted by Crippen LogP contribution is 2.10. The summed E-state index contributed by atoms with van der Waals surface area (Å²) in [5.74, 6) is 12.5. The molecule has 0 unspecified atom stereocenters. The van der Waals surface area contributed by atoms with E-state index >= 15 is 0 Å². The number of nitrogens with two attached hydrogens (primary N) is 1. The lowest BCUT2D eigenvalue weighted by Gasteiger charge is -1.97. The van der Waals surface area contributed by atoms with Crippen LogP contribution in [0.3, 0.4) is 0 Å². The summed E-state index contributed by atoms with van der Waals surface area (Å²) in [5, 5.41) is 0. The van der Waals surface area contributed by atoms with E-state index in [2.05, 4.69) is 28.7 Å². The van der Waals surface area contributed by atoms with Crippen LogP contribution >= 0.6 is 0 Å². The third kappa shape index (κ3) is 3.79. The molecular formula is C21H14N2. The fourth-order valence-electron chi connectivity index (χ4n) is 2.01. The van der Waals surface area contributed by atoms with Gasteiger partial charge >= 0.3 is 0 Å². The number of pyridine rings is 1. The Labute approximate surface area is 136 Å². The standard InChI is InChI=1S/C21H14N2/c22-21-11-4-3-9-19(21)13-12-17-7-1-2-8-18(17)14-15-20-10-5-6-16-23-20/h1-11,16H,22H2. The summed E-state index contributed by atoms with van der Waals surface area (Å²) in [4.78, 5) is 4.20. The molecule has 0 radical (unpaired) electrons. The lowest BCUT2D eigenvalue weighted by Crippen LogP contribution is -1.89. The largest absolute Gasteiger partial charge is 0.398 e. The van der Waals surface area contributed by atoms with E-state index in [9.17, 15) is 0 Å². The minimum Gasteiger partial charge on any atom is -0.398 e. The van der Waals surface area contributed by atoms with Crippen molar-refractivity contribution in [2.24, 2.45) is 0 Å². The molecule has 2 nitrogen and oxygen atoms in total. The molecule has 0 aliphatic carbocycles. The predicted molar refractivity (Wildman–Crippen MR) is 93.5 cm³/mol.